The lowest BCUT2D eigenvalue weighted by atomic mass is 9.97. The van der Waals surface area contributed by atoms with Crippen LogP contribution in [0.25, 0.3) is 0 Å². The van der Waals surface area contributed by atoms with E-state index in [1.54, 1.807) is 12.1 Å². The highest BCUT2D eigenvalue weighted by molar-refractivity contribution is 6.31. The van der Waals surface area contributed by atoms with Crippen molar-refractivity contribution in [3.8, 4) is 0 Å². The molecule has 2 aromatic carbocycles. The maximum absolute atomic E-state index is 13.0. The summed E-state index contributed by atoms with van der Waals surface area (Å²) in [7, 11) is 0. The topological polar surface area (TPSA) is 26.0 Å². The zero-order valence-corrected chi connectivity index (χ0v) is 11.9. The molecule has 0 fully saturated rings. The predicted octanol–water partition coefficient (Wildman–Crippen LogP) is 4.04. The minimum absolute atomic E-state index is 0.151. The van der Waals surface area contributed by atoms with Gasteiger partial charge in [-0.2, -0.15) is 0 Å². The Morgan fingerprint density at radius 2 is 1.55 bits per heavy atom. The number of rotatable bonds is 4. The average molecular weight is 296 g/mol. The van der Waals surface area contributed by atoms with E-state index in [0.717, 1.165) is 16.7 Å². The predicted molar refractivity (Wildman–Crippen MR) is 77.9 cm³/mol. The lowest BCUT2D eigenvalue weighted by molar-refractivity contribution is 0.619. The first-order valence-corrected chi connectivity index (χ1v) is 6.78. The van der Waals surface area contributed by atoms with Crippen molar-refractivity contribution in [2.75, 3.05) is 0 Å². The summed E-state index contributed by atoms with van der Waals surface area (Å²) in [6.07, 6.45) is 1.18. The first kappa shape index (κ1) is 14.9. The van der Waals surface area contributed by atoms with Crippen LogP contribution in [0.1, 0.15) is 16.7 Å². The Kier molecular flexibility index (Phi) is 4.73. The maximum atomic E-state index is 13.0. The Bertz CT molecular complexity index is 560. The Labute approximate surface area is 122 Å². The lowest BCUT2D eigenvalue weighted by Crippen LogP contribution is -2.26. The molecule has 2 rings (SSSR count). The van der Waals surface area contributed by atoms with E-state index in [1.807, 2.05) is 6.92 Å². The average Bonchev–Trinajstić information content (AvgIpc) is 2.36. The van der Waals surface area contributed by atoms with E-state index in [2.05, 4.69) is 0 Å². The van der Waals surface area contributed by atoms with Gasteiger partial charge in [0.05, 0.1) is 0 Å². The van der Waals surface area contributed by atoms with Crippen molar-refractivity contribution < 1.29 is 8.78 Å². The number of hydrogen-bond donors (Lipinski definition) is 1. The molecular weight excluding hydrogens is 280 g/mol. The van der Waals surface area contributed by atoms with Gasteiger partial charge < -0.3 is 5.73 Å². The van der Waals surface area contributed by atoms with Crippen molar-refractivity contribution in [3.63, 3.8) is 0 Å². The van der Waals surface area contributed by atoms with Crippen LogP contribution in [0.15, 0.2) is 36.4 Å². The van der Waals surface area contributed by atoms with Crippen molar-refractivity contribution >= 4 is 11.6 Å². The SMILES string of the molecule is Cc1cc(F)ccc1CC(N)Cc1ccc(F)cc1Cl. The molecule has 0 spiro atoms. The van der Waals surface area contributed by atoms with Crippen LogP contribution in [0.4, 0.5) is 8.78 Å². The highest BCUT2D eigenvalue weighted by Gasteiger charge is 2.10. The van der Waals surface area contributed by atoms with E-state index >= 15 is 0 Å². The van der Waals surface area contributed by atoms with E-state index in [0.29, 0.717) is 17.9 Å². The number of aryl methyl sites for hydroxylation is 1. The third kappa shape index (κ3) is 3.78. The molecular formula is C16H16ClF2N. The summed E-state index contributed by atoms with van der Waals surface area (Å²) < 4.78 is 26.0. The molecule has 0 aliphatic carbocycles. The molecule has 20 heavy (non-hydrogen) atoms. The summed E-state index contributed by atoms with van der Waals surface area (Å²) in [5.74, 6) is -0.608. The summed E-state index contributed by atoms with van der Waals surface area (Å²) in [6.45, 7) is 1.86. The second-order valence-electron chi connectivity index (χ2n) is 4.97. The fourth-order valence-corrected chi connectivity index (χ4v) is 2.46. The van der Waals surface area contributed by atoms with Crippen LogP contribution < -0.4 is 5.73 Å². The number of nitrogens with two attached hydrogens (primary N) is 1. The van der Waals surface area contributed by atoms with Gasteiger partial charge in [0.1, 0.15) is 11.6 Å². The minimum Gasteiger partial charge on any atom is -0.327 e. The third-order valence-corrected chi connectivity index (χ3v) is 3.64. The molecule has 1 atom stereocenters. The molecule has 0 amide bonds. The molecule has 106 valence electrons. The molecule has 0 radical (unpaired) electrons. The molecule has 0 bridgehead atoms. The quantitative estimate of drug-likeness (QED) is 0.905. The fraction of sp³-hybridized carbons (Fsp3) is 0.250. The second kappa shape index (κ2) is 6.33. The van der Waals surface area contributed by atoms with Gasteiger partial charge >= 0.3 is 0 Å². The van der Waals surface area contributed by atoms with Gasteiger partial charge in [0.25, 0.3) is 0 Å². The summed E-state index contributed by atoms with van der Waals surface area (Å²) in [5, 5.41) is 0.385. The minimum atomic E-state index is -0.360. The van der Waals surface area contributed by atoms with E-state index in [-0.39, 0.29) is 17.7 Å². The van der Waals surface area contributed by atoms with Crippen LogP contribution >= 0.6 is 11.6 Å². The molecule has 0 saturated heterocycles. The fourth-order valence-electron chi connectivity index (χ4n) is 2.21. The highest BCUT2D eigenvalue weighted by Crippen LogP contribution is 2.20. The van der Waals surface area contributed by atoms with Gasteiger partial charge in [0.2, 0.25) is 0 Å². The summed E-state index contributed by atoms with van der Waals surface area (Å²) in [6, 6.07) is 8.82. The molecule has 2 N–H and O–H groups in total. The molecule has 2 aromatic rings. The summed E-state index contributed by atoms with van der Waals surface area (Å²) >= 11 is 5.98. The standard InChI is InChI=1S/C16H16ClF2N/c1-10-6-13(18)4-2-11(10)7-15(20)8-12-3-5-14(19)9-16(12)17/h2-6,9,15H,7-8,20H2,1H3. The Hall–Kier alpha value is -1.45. The Balaban J connectivity index is 2.07. The molecule has 1 unspecified atom stereocenters. The molecule has 1 nitrogen and oxygen atoms in total. The van der Waals surface area contributed by atoms with Gasteiger partial charge in [-0.05, 0) is 60.7 Å². The van der Waals surface area contributed by atoms with E-state index < -0.39 is 0 Å². The van der Waals surface area contributed by atoms with E-state index in [1.165, 1.54) is 24.3 Å². The largest absolute Gasteiger partial charge is 0.327 e. The van der Waals surface area contributed by atoms with Gasteiger partial charge in [0, 0.05) is 11.1 Å². The van der Waals surface area contributed by atoms with Crippen molar-refractivity contribution in [2.24, 2.45) is 5.73 Å². The summed E-state index contributed by atoms with van der Waals surface area (Å²) in [5.41, 5.74) is 8.82. The molecule has 0 aliphatic heterocycles. The van der Waals surface area contributed by atoms with Gasteiger partial charge in [0.15, 0.2) is 0 Å². The lowest BCUT2D eigenvalue weighted by Gasteiger charge is -2.14. The Morgan fingerprint density at radius 1 is 1.00 bits per heavy atom. The highest BCUT2D eigenvalue weighted by atomic mass is 35.5. The number of benzene rings is 2. The van der Waals surface area contributed by atoms with Crippen LogP contribution in [0.5, 0.6) is 0 Å². The maximum Gasteiger partial charge on any atom is 0.124 e. The van der Waals surface area contributed by atoms with Crippen molar-refractivity contribution in [2.45, 2.75) is 25.8 Å². The second-order valence-corrected chi connectivity index (χ2v) is 5.38. The van der Waals surface area contributed by atoms with Gasteiger partial charge in [-0.25, -0.2) is 8.78 Å². The number of halogens is 3. The molecule has 0 aliphatic rings. The summed E-state index contributed by atoms with van der Waals surface area (Å²) in [4.78, 5) is 0. The van der Waals surface area contributed by atoms with Crippen LogP contribution in [0.3, 0.4) is 0 Å². The zero-order chi connectivity index (χ0) is 14.7. The first-order valence-electron chi connectivity index (χ1n) is 6.40. The normalized spacial score (nSPS) is 12.4. The third-order valence-electron chi connectivity index (χ3n) is 3.28. The molecule has 4 heteroatoms. The van der Waals surface area contributed by atoms with Crippen LogP contribution in [-0.4, -0.2) is 6.04 Å². The van der Waals surface area contributed by atoms with Crippen molar-refractivity contribution in [1.29, 1.82) is 0 Å². The molecule has 0 heterocycles. The first-order chi connectivity index (χ1) is 9.45. The van der Waals surface area contributed by atoms with Gasteiger partial charge in [-0.3, -0.25) is 0 Å². The van der Waals surface area contributed by atoms with Gasteiger partial charge in [-0.1, -0.05) is 23.7 Å². The van der Waals surface area contributed by atoms with E-state index in [9.17, 15) is 8.78 Å². The van der Waals surface area contributed by atoms with Crippen molar-refractivity contribution in [1.82, 2.24) is 0 Å². The van der Waals surface area contributed by atoms with E-state index in [4.69, 9.17) is 17.3 Å². The van der Waals surface area contributed by atoms with Crippen LogP contribution in [0.2, 0.25) is 5.02 Å². The van der Waals surface area contributed by atoms with Crippen LogP contribution in [0, 0.1) is 18.6 Å². The Morgan fingerprint density at radius 3 is 2.15 bits per heavy atom. The van der Waals surface area contributed by atoms with Crippen molar-refractivity contribution in [3.05, 3.63) is 69.7 Å². The van der Waals surface area contributed by atoms with Crippen LogP contribution in [-0.2, 0) is 12.8 Å². The molecule has 0 saturated carbocycles. The smallest absolute Gasteiger partial charge is 0.124 e. The monoisotopic (exact) mass is 295 g/mol. The number of hydrogen-bond acceptors (Lipinski definition) is 1. The van der Waals surface area contributed by atoms with Gasteiger partial charge in [-0.15, -0.1) is 0 Å². The molecule has 0 aromatic heterocycles. The zero-order valence-electron chi connectivity index (χ0n) is 11.2.